The molecule has 0 N–H and O–H groups in total. The molecule has 0 bridgehead atoms. The lowest BCUT2D eigenvalue weighted by molar-refractivity contribution is -0.111. The van der Waals surface area contributed by atoms with Crippen molar-refractivity contribution in [3.63, 3.8) is 0 Å². The lowest BCUT2D eigenvalue weighted by Gasteiger charge is -2.22. The summed E-state index contributed by atoms with van der Waals surface area (Å²) in [7, 11) is 0. The van der Waals surface area contributed by atoms with Crippen molar-refractivity contribution in [2.24, 2.45) is 0 Å². The zero-order valence-corrected chi connectivity index (χ0v) is 9.44. The smallest absolute Gasteiger partial charge is 0.186 e. The van der Waals surface area contributed by atoms with Crippen molar-refractivity contribution in [3.8, 4) is 0 Å². The number of thiol groups is 1. The summed E-state index contributed by atoms with van der Waals surface area (Å²) in [6.45, 7) is 0.777. The Hall–Kier alpha value is -0.320. The van der Waals surface area contributed by atoms with E-state index in [4.69, 9.17) is 4.74 Å². The van der Waals surface area contributed by atoms with Crippen LogP contribution in [0.1, 0.15) is 29.4 Å². The van der Waals surface area contributed by atoms with Gasteiger partial charge in [0.25, 0.3) is 0 Å². The highest BCUT2D eigenvalue weighted by Crippen LogP contribution is 2.33. The molecule has 14 heavy (non-hydrogen) atoms. The van der Waals surface area contributed by atoms with Crippen LogP contribution in [0.4, 0.5) is 0 Å². The number of fused-ring (bicyclic) bond motifs is 1. The lowest BCUT2D eigenvalue weighted by atomic mass is 10.0. The quantitative estimate of drug-likeness (QED) is 0.805. The molecule has 0 radical (unpaired) electrons. The van der Waals surface area contributed by atoms with Crippen LogP contribution in [0.5, 0.6) is 0 Å². The van der Waals surface area contributed by atoms with Crippen LogP contribution in [0.15, 0.2) is 11.4 Å². The average molecular weight is 228 g/mol. The second kappa shape index (κ2) is 4.47. The SMILES string of the molecule is O=C(S)CCC1OCCc2sccc21. The summed E-state index contributed by atoms with van der Waals surface area (Å²) in [5.41, 5.74) is 1.27. The van der Waals surface area contributed by atoms with E-state index in [0.717, 1.165) is 19.4 Å². The summed E-state index contributed by atoms with van der Waals surface area (Å²) in [6, 6.07) is 2.10. The van der Waals surface area contributed by atoms with Crippen LogP contribution in [0.25, 0.3) is 0 Å². The van der Waals surface area contributed by atoms with Gasteiger partial charge < -0.3 is 4.74 Å². The highest BCUT2D eigenvalue weighted by Gasteiger charge is 2.21. The molecular weight excluding hydrogens is 216 g/mol. The van der Waals surface area contributed by atoms with Crippen molar-refractivity contribution in [2.45, 2.75) is 25.4 Å². The van der Waals surface area contributed by atoms with Crippen molar-refractivity contribution in [2.75, 3.05) is 6.61 Å². The monoisotopic (exact) mass is 228 g/mol. The molecule has 1 unspecified atom stereocenters. The fourth-order valence-corrected chi connectivity index (χ4v) is 2.76. The van der Waals surface area contributed by atoms with E-state index >= 15 is 0 Å². The number of carbonyl (C=O) groups is 1. The summed E-state index contributed by atoms with van der Waals surface area (Å²) in [5.74, 6) is 0. The average Bonchev–Trinajstić information content (AvgIpc) is 2.62. The molecule has 1 aliphatic rings. The standard InChI is InChI=1S/C10H12O2S2/c11-10(13)2-1-8-7-4-6-14-9(7)3-5-12-8/h4,6,8H,1-3,5H2,(H,11,13). The number of carbonyl (C=O) groups excluding carboxylic acids is 1. The molecule has 0 amide bonds. The molecule has 2 nitrogen and oxygen atoms in total. The first-order valence-corrected chi connectivity index (χ1v) is 5.99. The van der Waals surface area contributed by atoms with Gasteiger partial charge in [-0.15, -0.1) is 24.0 Å². The molecule has 2 heterocycles. The van der Waals surface area contributed by atoms with E-state index in [1.54, 1.807) is 11.3 Å². The van der Waals surface area contributed by atoms with Crippen molar-refractivity contribution in [1.29, 1.82) is 0 Å². The molecule has 4 heteroatoms. The molecule has 0 spiro atoms. The minimum Gasteiger partial charge on any atom is -0.373 e. The Morgan fingerprint density at radius 1 is 1.71 bits per heavy atom. The number of hydrogen-bond donors (Lipinski definition) is 1. The van der Waals surface area contributed by atoms with Gasteiger partial charge >= 0.3 is 0 Å². The van der Waals surface area contributed by atoms with E-state index in [-0.39, 0.29) is 11.2 Å². The zero-order valence-electron chi connectivity index (χ0n) is 7.73. The molecule has 0 aliphatic carbocycles. The largest absolute Gasteiger partial charge is 0.373 e. The fourth-order valence-electron chi connectivity index (χ4n) is 1.72. The topological polar surface area (TPSA) is 26.3 Å². The molecule has 1 aliphatic heterocycles. The Morgan fingerprint density at radius 2 is 2.57 bits per heavy atom. The predicted molar refractivity (Wildman–Crippen MR) is 59.9 cm³/mol. The molecule has 0 fully saturated rings. The summed E-state index contributed by atoms with van der Waals surface area (Å²) in [6.07, 6.45) is 2.37. The maximum Gasteiger partial charge on any atom is 0.186 e. The van der Waals surface area contributed by atoms with Gasteiger partial charge in [-0.1, -0.05) is 0 Å². The Balaban J connectivity index is 2.05. The molecule has 1 atom stereocenters. The number of thiophene rings is 1. The van der Waals surface area contributed by atoms with Gasteiger partial charge in [-0.25, -0.2) is 0 Å². The van der Waals surface area contributed by atoms with Gasteiger partial charge in [0, 0.05) is 17.7 Å². The van der Waals surface area contributed by atoms with Gasteiger partial charge in [-0.05, 0) is 23.4 Å². The van der Waals surface area contributed by atoms with Crippen molar-refractivity contribution in [3.05, 3.63) is 21.9 Å². The first-order chi connectivity index (χ1) is 6.77. The Labute approximate surface area is 92.7 Å². The van der Waals surface area contributed by atoms with Crippen molar-refractivity contribution >= 4 is 29.1 Å². The Morgan fingerprint density at radius 3 is 3.36 bits per heavy atom. The van der Waals surface area contributed by atoms with Gasteiger partial charge in [-0.3, -0.25) is 4.79 Å². The van der Waals surface area contributed by atoms with Crippen LogP contribution in [-0.4, -0.2) is 11.7 Å². The fraction of sp³-hybridized carbons (Fsp3) is 0.500. The third-order valence-electron chi connectivity index (χ3n) is 2.40. The summed E-state index contributed by atoms with van der Waals surface area (Å²) < 4.78 is 5.63. The van der Waals surface area contributed by atoms with Crippen LogP contribution in [0.3, 0.4) is 0 Å². The summed E-state index contributed by atoms with van der Waals surface area (Å²) >= 11 is 5.54. The zero-order chi connectivity index (χ0) is 9.97. The third-order valence-corrected chi connectivity index (χ3v) is 3.62. The van der Waals surface area contributed by atoms with Gasteiger partial charge in [0.15, 0.2) is 5.12 Å². The second-order valence-electron chi connectivity index (χ2n) is 3.34. The van der Waals surface area contributed by atoms with Gasteiger partial charge in [0.2, 0.25) is 0 Å². The summed E-state index contributed by atoms with van der Waals surface area (Å²) in [4.78, 5) is 12.2. The molecule has 0 aromatic carbocycles. The van der Waals surface area contributed by atoms with E-state index < -0.39 is 0 Å². The van der Waals surface area contributed by atoms with E-state index in [2.05, 4.69) is 24.1 Å². The van der Waals surface area contributed by atoms with Crippen LogP contribution in [0.2, 0.25) is 0 Å². The third kappa shape index (κ3) is 2.19. The summed E-state index contributed by atoms with van der Waals surface area (Å²) in [5, 5.41) is 2.03. The highest BCUT2D eigenvalue weighted by atomic mass is 32.1. The second-order valence-corrected chi connectivity index (χ2v) is 4.84. The molecule has 1 aromatic heterocycles. The van der Waals surface area contributed by atoms with Crippen LogP contribution in [0, 0.1) is 0 Å². The molecule has 0 saturated heterocycles. The number of rotatable bonds is 3. The minimum absolute atomic E-state index is 0.0593. The Bertz CT molecular complexity index is 333. The van der Waals surface area contributed by atoms with E-state index in [0.29, 0.717) is 6.42 Å². The van der Waals surface area contributed by atoms with Crippen LogP contribution >= 0.6 is 24.0 Å². The predicted octanol–water partition coefficient (Wildman–Crippen LogP) is 2.60. The van der Waals surface area contributed by atoms with Gasteiger partial charge in [0.1, 0.15) is 0 Å². The Kier molecular flexibility index (Phi) is 3.26. The molecular formula is C10H12O2S2. The molecule has 1 aromatic rings. The van der Waals surface area contributed by atoms with Crippen molar-refractivity contribution in [1.82, 2.24) is 0 Å². The van der Waals surface area contributed by atoms with E-state index in [1.165, 1.54) is 10.4 Å². The number of hydrogen-bond acceptors (Lipinski definition) is 3. The van der Waals surface area contributed by atoms with Crippen molar-refractivity contribution < 1.29 is 9.53 Å². The van der Waals surface area contributed by atoms with Crippen LogP contribution < -0.4 is 0 Å². The number of ether oxygens (including phenoxy) is 1. The molecule has 2 rings (SSSR count). The van der Waals surface area contributed by atoms with Crippen LogP contribution in [-0.2, 0) is 16.0 Å². The maximum absolute atomic E-state index is 10.7. The normalized spacial score (nSPS) is 20.5. The van der Waals surface area contributed by atoms with E-state index in [9.17, 15) is 4.79 Å². The van der Waals surface area contributed by atoms with Gasteiger partial charge in [0.05, 0.1) is 12.7 Å². The van der Waals surface area contributed by atoms with Gasteiger partial charge in [-0.2, -0.15) is 0 Å². The molecule has 0 saturated carbocycles. The highest BCUT2D eigenvalue weighted by molar-refractivity contribution is 7.96. The van der Waals surface area contributed by atoms with E-state index in [1.807, 2.05) is 0 Å². The molecule has 76 valence electrons. The first-order valence-electron chi connectivity index (χ1n) is 4.67. The first kappa shape index (κ1) is 10.2. The maximum atomic E-state index is 10.7. The minimum atomic E-state index is -0.0593. The lowest BCUT2D eigenvalue weighted by Crippen LogP contribution is -2.14.